The zero-order chi connectivity index (χ0) is 9.14. The van der Waals surface area contributed by atoms with Crippen molar-refractivity contribution in [2.24, 2.45) is 5.92 Å². The molecule has 0 bridgehead atoms. The Bertz CT molecular complexity index is 194. The molecule has 0 aromatic carbocycles. The number of carbonyl (C=O) groups is 1. The maximum atomic E-state index is 10.4. The van der Waals surface area contributed by atoms with Crippen molar-refractivity contribution < 1.29 is 14.8 Å². The van der Waals surface area contributed by atoms with E-state index in [2.05, 4.69) is 0 Å². The number of carbonyl (C=O) groups excluding carboxylic acids is 1. The van der Waals surface area contributed by atoms with Crippen molar-refractivity contribution in [2.45, 2.75) is 31.4 Å². The van der Waals surface area contributed by atoms with Crippen LogP contribution >= 0.6 is 0 Å². The Labute approximate surface area is 69.5 Å². The summed E-state index contributed by atoms with van der Waals surface area (Å²) in [6, 6.07) is -0.649. The zero-order valence-corrected chi connectivity index (χ0v) is 6.55. The van der Waals surface area contributed by atoms with E-state index in [1.165, 1.54) is 0 Å². The van der Waals surface area contributed by atoms with E-state index in [0.717, 1.165) is 0 Å². The number of hydrogen-bond donors (Lipinski definition) is 1. The minimum Gasteiger partial charge on any atom is -0.392 e. The monoisotopic (exact) mass is 173 g/mol. The van der Waals surface area contributed by atoms with Gasteiger partial charge in [0.1, 0.15) is 6.29 Å². The molecular formula is C7H11NO4. The molecule has 0 amide bonds. The van der Waals surface area contributed by atoms with Crippen LogP contribution in [0.25, 0.3) is 0 Å². The molecule has 1 rings (SSSR count). The molecule has 12 heavy (non-hydrogen) atoms. The quantitative estimate of drug-likeness (QED) is 0.362. The van der Waals surface area contributed by atoms with Gasteiger partial charge in [0.05, 0.1) is 6.10 Å². The van der Waals surface area contributed by atoms with Crippen LogP contribution in [0.3, 0.4) is 0 Å². The van der Waals surface area contributed by atoms with Crippen molar-refractivity contribution in [3.63, 3.8) is 0 Å². The van der Waals surface area contributed by atoms with Crippen LogP contribution in [-0.4, -0.2) is 28.5 Å². The van der Waals surface area contributed by atoms with Gasteiger partial charge >= 0.3 is 0 Å². The summed E-state index contributed by atoms with van der Waals surface area (Å²) in [5, 5.41) is 19.5. The molecule has 1 aliphatic carbocycles. The molecule has 0 spiro atoms. The summed E-state index contributed by atoms with van der Waals surface area (Å²) in [6.45, 7) is 0. The second-order valence-electron chi connectivity index (χ2n) is 3.12. The van der Waals surface area contributed by atoms with Crippen molar-refractivity contribution in [2.75, 3.05) is 0 Å². The third kappa shape index (κ3) is 1.79. The third-order valence-electron chi connectivity index (χ3n) is 2.31. The van der Waals surface area contributed by atoms with Crippen LogP contribution in [0.15, 0.2) is 0 Å². The first-order chi connectivity index (χ1) is 5.65. The van der Waals surface area contributed by atoms with Gasteiger partial charge in [0.15, 0.2) is 0 Å². The fraction of sp³-hybridized carbons (Fsp3) is 0.857. The first-order valence-corrected chi connectivity index (χ1v) is 3.92. The van der Waals surface area contributed by atoms with Crippen molar-refractivity contribution in [3.8, 4) is 0 Å². The molecule has 0 aromatic rings. The van der Waals surface area contributed by atoms with Crippen LogP contribution in [0.2, 0.25) is 0 Å². The lowest BCUT2D eigenvalue weighted by atomic mass is 9.84. The van der Waals surface area contributed by atoms with Gasteiger partial charge in [0, 0.05) is 23.7 Å². The normalized spacial score (nSPS) is 35.9. The van der Waals surface area contributed by atoms with E-state index in [4.69, 9.17) is 0 Å². The van der Waals surface area contributed by atoms with Crippen LogP contribution in [0.4, 0.5) is 0 Å². The number of nitro groups is 1. The summed E-state index contributed by atoms with van der Waals surface area (Å²) in [4.78, 5) is 20.3. The Morgan fingerprint density at radius 1 is 1.50 bits per heavy atom. The van der Waals surface area contributed by atoms with Gasteiger partial charge in [-0.05, 0) is 6.42 Å². The number of hydrogen-bond acceptors (Lipinski definition) is 4. The molecule has 68 valence electrons. The number of aliphatic hydroxyl groups is 1. The number of aldehydes is 1. The van der Waals surface area contributed by atoms with Crippen molar-refractivity contribution in [1.29, 1.82) is 0 Å². The molecule has 0 aromatic heterocycles. The Balaban J connectivity index is 2.55. The highest BCUT2D eigenvalue weighted by Crippen LogP contribution is 2.24. The van der Waals surface area contributed by atoms with Crippen molar-refractivity contribution in [1.82, 2.24) is 0 Å². The Kier molecular flexibility index (Phi) is 2.75. The van der Waals surface area contributed by atoms with E-state index in [1.54, 1.807) is 0 Å². The summed E-state index contributed by atoms with van der Waals surface area (Å²) in [7, 11) is 0. The molecule has 5 nitrogen and oxygen atoms in total. The second-order valence-corrected chi connectivity index (χ2v) is 3.12. The minimum atomic E-state index is -0.682. The van der Waals surface area contributed by atoms with Gasteiger partial charge in [-0.2, -0.15) is 0 Å². The lowest BCUT2D eigenvalue weighted by Gasteiger charge is -2.24. The molecule has 0 aliphatic heterocycles. The van der Waals surface area contributed by atoms with Crippen LogP contribution in [0.1, 0.15) is 19.3 Å². The Hall–Kier alpha value is -0.970. The van der Waals surface area contributed by atoms with E-state index in [0.29, 0.717) is 19.1 Å². The molecule has 1 fully saturated rings. The highest BCUT2D eigenvalue weighted by Gasteiger charge is 2.34. The molecule has 0 radical (unpaired) electrons. The van der Waals surface area contributed by atoms with Crippen LogP contribution in [0.5, 0.6) is 0 Å². The van der Waals surface area contributed by atoms with Gasteiger partial charge in [-0.15, -0.1) is 0 Å². The topological polar surface area (TPSA) is 80.4 Å². The van der Waals surface area contributed by atoms with E-state index < -0.39 is 18.1 Å². The minimum absolute atomic E-state index is 0.178. The van der Waals surface area contributed by atoms with Gasteiger partial charge in [-0.1, -0.05) is 0 Å². The largest absolute Gasteiger partial charge is 0.392 e. The van der Waals surface area contributed by atoms with E-state index in [1.807, 2.05) is 0 Å². The maximum Gasteiger partial charge on any atom is 0.214 e. The van der Waals surface area contributed by atoms with Gasteiger partial charge in [-0.3, -0.25) is 10.1 Å². The number of nitrogens with zero attached hydrogens (tertiary/aromatic N) is 1. The highest BCUT2D eigenvalue weighted by atomic mass is 16.6. The maximum absolute atomic E-state index is 10.4. The fourth-order valence-corrected chi connectivity index (χ4v) is 1.50. The van der Waals surface area contributed by atoms with Gasteiger partial charge < -0.3 is 9.90 Å². The second kappa shape index (κ2) is 3.62. The molecule has 1 aliphatic rings. The smallest absolute Gasteiger partial charge is 0.214 e. The SMILES string of the molecule is O=CC1CC([N+](=O)[O-])CCC1O. The van der Waals surface area contributed by atoms with E-state index in [-0.39, 0.29) is 11.3 Å². The molecule has 1 N–H and O–H groups in total. The molecule has 3 unspecified atom stereocenters. The van der Waals surface area contributed by atoms with Gasteiger partial charge in [-0.25, -0.2) is 0 Å². The first kappa shape index (κ1) is 9.12. The molecule has 1 saturated carbocycles. The third-order valence-corrected chi connectivity index (χ3v) is 2.31. The van der Waals surface area contributed by atoms with Crippen LogP contribution < -0.4 is 0 Å². The first-order valence-electron chi connectivity index (χ1n) is 3.92. The van der Waals surface area contributed by atoms with Gasteiger partial charge in [0.25, 0.3) is 0 Å². The summed E-state index contributed by atoms with van der Waals surface area (Å²) < 4.78 is 0. The summed E-state index contributed by atoms with van der Waals surface area (Å²) in [6.07, 6.45) is 0.838. The average Bonchev–Trinajstić information content (AvgIpc) is 2.05. The summed E-state index contributed by atoms with van der Waals surface area (Å²) in [5.74, 6) is -0.547. The average molecular weight is 173 g/mol. The van der Waals surface area contributed by atoms with Crippen molar-refractivity contribution in [3.05, 3.63) is 10.1 Å². The fourth-order valence-electron chi connectivity index (χ4n) is 1.50. The summed E-state index contributed by atoms with van der Waals surface area (Å²) >= 11 is 0. The summed E-state index contributed by atoms with van der Waals surface area (Å²) in [5.41, 5.74) is 0. The zero-order valence-electron chi connectivity index (χ0n) is 6.55. The number of rotatable bonds is 2. The van der Waals surface area contributed by atoms with Crippen LogP contribution in [-0.2, 0) is 4.79 Å². The van der Waals surface area contributed by atoms with Gasteiger partial charge in [0.2, 0.25) is 6.04 Å². The predicted octanol–water partition coefficient (Wildman–Crippen LogP) is -0.00840. The molecule has 3 atom stereocenters. The molecule has 5 heteroatoms. The standard InChI is InChI=1S/C7H11NO4/c9-4-5-3-6(8(11)12)1-2-7(5)10/h4-7,10H,1-3H2. The lowest BCUT2D eigenvalue weighted by molar-refractivity contribution is -0.528. The van der Waals surface area contributed by atoms with Crippen LogP contribution in [0, 0.1) is 16.0 Å². The molecule has 0 saturated heterocycles. The molecule has 0 heterocycles. The van der Waals surface area contributed by atoms with Crippen molar-refractivity contribution >= 4 is 6.29 Å². The highest BCUT2D eigenvalue weighted by molar-refractivity contribution is 5.54. The molecular weight excluding hydrogens is 162 g/mol. The number of aliphatic hydroxyl groups excluding tert-OH is 1. The predicted molar refractivity (Wildman–Crippen MR) is 40.2 cm³/mol. The van der Waals surface area contributed by atoms with E-state index >= 15 is 0 Å². The van der Waals surface area contributed by atoms with E-state index in [9.17, 15) is 20.0 Å². The Morgan fingerprint density at radius 3 is 2.67 bits per heavy atom. The lowest BCUT2D eigenvalue weighted by Crippen LogP contribution is -2.36. The Morgan fingerprint density at radius 2 is 2.17 bits per heavy atom.